The maximum absolute atomic E-state index is 9.29. The molecule has 2 atom stereocenters. The summed E-state index contributed by atoms with van der Waals surface area (Å²) in [4.78, 5) is 2.29. The molecule has 1 aromatic rings. The van der Waals surface area contributed by atoms with Crippen LogP contribution in [0.3, 0.4) is 0 Å². The first-order chi connectivity index (χ1) is 6.81. The quantitative estimate of drug-likeness (QED) is 0.762. The van der Waals surface area contributed by atoms with Crippen LogP contribution in [0.4, 0.5) is 0 Å². The Hall–Kier alpha value is -0.860. The van der Waals surface area contributed by atoms with Crippen LogP contribution in [0.15, 0.2) is 30.3 Å². The van der Waals surface area contributed by atoms with Gasteiger partial charge in [0.15, 0.2) is 0 Å². The van der Waals surface area contributed by atoms with Crippen molar-refractivity contribution in [3.05, 3.63) is 35.9 Å². The molecule has 2 rings (SSSR count). The average Bonchev–Trinajstić information content (AvgIpc) is 2.61. The summed E-state index contributed by atoms with van der Waals surface area (Å²) in [6.45, 7) is 2.37. The van der Waals surface area contributed by atoms with Gasteiger partial charge in [0.1, 0.15) is 0 Å². The first-order valence-electron chi connectivity index (χ1n) is 5.15. The lowest BCUT2D eigenvalue weighted by molar-refractivity contribution is 0.219. The van der Waals surface area contributed by atoms with Crippen LogP contribution in [0.1, 0.15) is 11.5 Å². The molecule has 1 heterocycles. The maximum Gasteiger partial charge on any atom is 0.0477 e. The summed E-state index contributed by atoms with van der Waals surface area (Å²) in [5.74, 6) is 0.911. The predicted molar refractivity (Wildman–Crippen MR) is 57.3 cm³/mol. The van der Waals surface area contributed by atoms with Crippen molar-refractivity contribution in [2.24, 2.45) is 5.92 Å². The monoisotopic (exact) mass is 191 g/mol. The lowest BCUT2D eigenvalue weighted by Crippen LogP contribution is -2.15. The zero-order valence-electron chi connectivity index (χ0n) is 8.56. The van der Waals surface area contributed by atoms with E-state index in [4.69, 9.17) is 0 Å². The largest absolute Gasteiger partial charge is 0.396 e. The molecule has 2 heteroatoms. The fourth-order valence-electron chi connectivity index (χ4n) is 2.35. The van der Waals surface area contributed by atoms with Crippen LogP contribution in [0.5, 0.6) is 0 Å². The number of likely N-dealkylation sites (N-methyl/N-ethyl adjacent to an activating group) is 1. The van der Waals surface area contributed by atoms with Crippen molar-refractivity contribution in [2.75, 3.05) is 26.7 Å². The van der Waals surface area contributed by atoms with Gasteiger partial charge in [-0.2, -0.15) is 0 Å². The van der Waals surface area contributed by atoms with Crippen LogP contribution in [-0.2, 0) is 0 Å². The summed E-state index contributed by atoms with van der Waals surface area (Å²) >= 11 is 0. The van der Waals surface area contributed by atoms with E-state index in [0.717, 1.165) is 13.1 Å². The summed E-state index contributed by atoms with van der Waals surface area (Å²) in [6.07, 6.45) is 0. The second-order valence-electron chi connectivity index (χ2n) is 4.18. The molecule has 0 amide bonds. The highest BCUT2D eigenvalue weighted by Crippen LogP contribution is 2.31. The number of aliphatic hydroxyl groups is 1. The van der Waals surface area contributed by atoms with Gasteiger partial charge in [0.05, 0.1) is 0 Å². The van der Waals surface area contributed by atoms with Gasteiger partial charge in [-0.3, -0.25) is 0 Å². The Balaban J connectivity index is 2.18. The van der Waals surface area contributed by atoms with E-state index in [1.54, 1.807) is 0 Å². The number of likely N-dealkylation sites (tertiary alicyclic amines) is 1. The van der Waals surface area contributed by atoms with Crippen molar-refractivity contribution in [2.45, 2.75) is 5.92 Å². The molecule has 0 aliphatic carbocycles. The van der Waals surface area contributed by atoms with Crippen molar-refractivity contribution in [1.29, 1.82) is 0 Å². The minimum Gasteiger partial charge on any atom is -0.396 e. The van der Waals surface area contributed by atoms with Crippen LogP contribution in [0, 0.1) is 5.92 Å². The smallest absolute Gasteiger partial charge is 0.0477 e. The zero-order chi connectivity index (χ0) is 9.97. The first kappa shape index (κ1) is 9.69. The number of nitrogens with zero attached hydrogens (tertiary/aromatic N) is 1. The fraction of sp³-hybridized carbons (Fsp3) is 0.500. The Morgan fingerprint density at radius 2 is 2.00 bits per heavy atom. The van der Waals surface area contributed by atoms with Crippen LogP contribution in [0.25, 0.3) is 0 Å². The standard InChI is InChI=1S/C12H17NO/c1-13-7-11(9-14)12(8-13)10-5-3-2-4-6-10/h2-6,11-12,14H,7-9H2,1H3/t11-,12+/m0/s1. The van der Waals surface area contributed by atoms with Crippen molar-refractivity contribution in [1.82, 2.24) is 4.90 Å². The third kappa shape index (κ3) is 1.81. The molecule has 76 valence electrons. The van der Waals surface area contributed by atoms with Crippen LogP contribution >= 0.6 is 0 Å². The van der Waals surface area contributed by atoms with Gasteiger partial charge in [0.2, 0.25) is 0 Å². The zero-order valence-corrected chi connectivity index (χ0v) is 8.56. The molecular weight excluding hydrogens is 174 g/mol. The Morgan fingerprint density at radius 3 is 2.64 bits per heavy atom. The average molecular weight is 191 g/mol. The van der Waals surface area contributed by atoms with Crippen molar-refractivity contribution in [3.63, 3.8) is 0 Å². The van der Waals surface area contributed by atoms with E-state index in [9.17, 15) is 5.11 Å². The molecule has 2 nitrogen and oxygen atoms in total. The van der Waals surface area contributed by atoms with Crippen molar-refractivity contribution >= 4 is 0 Å². The fourth-order valence-corrected chi connectivity index (χ4v) is 2.35. The molecule has 1 aliphatic heterocycles. The Bertz CT molecular complexity index is 286. The van der Waals surface area contributed by atoms with Gasteiger partial charge in [-0.1, -0.05) is 30.3 Å². The summed E-state index contributed by atoms with van der Waals surface area (Å²) < 4.78 is 0. The molecule has 0 saturated carbocycles. The SMILES string of the molecule is CN1C[C@@H](CO)[C@@H](c2ccccc2)C1. The second kappa shape index (κ2) is 4.11. The third-order valence-corrected chi connectivity index (χ3v) is 3.09. The van der Waals surface area contributed by atoms with Gasteiger partial charge in [-0.05, 0) is 12.6 Å². The van der Waals surface area contributed by atoms with E-state index in [1.165, 1.54) is 5.56 Å². The Labute approximate surface area is 85.2 Å². The lowest BCUT2D eigenvalue weighted by Gasteiger charge is -2.15. The number of benzene rings is 1. The predicted octanol–water partition coefficient (Wildman–Crippen LogP) is 1.32. The summed E-state index contributed by atoms with van der Waals surface area (Å²) in [6, 6.07) is 10.5. The van der Waals surface area contributed by atoms with Crippen LogP contribution in [-0.4, -0.2) is 36.8 Å². The third-order valence-electron chi connectivity index (χ3n) is 3.09. The number of rotatable bonds is 2. The first-order valence-corrected chi connectivity index (χ1v) is 5.15. The molecule has 14 heavy (non-hydrogen) atoms. The number of hydrogen-bond donors (Lipinski definition) is 1. The molecule has 0 unspecified atom stereocenters. The minimum absolute atomic E-state index is 0.296. The van der Waals surface area contributed by atoms with E-state index in [0.29, 0.717) is 18.4 Å². The summed E-state index contributed by atoms with van der Waals surface area (Å²) in [5.41, 5.74) is 1.36. The highest BCUT2D eigenvalue weighted by molar-refractivity contribution is 5.22. The van der Waals surface area contributed by atoms with Gasteiger partial charge in [-0.25, -0.2) is 0 Å². The van der Waals surface area contributed by atoms with Gasteiger partial charge < -0.3 is 10.0 Å². The highest BCUT2D eigenvalue weighted by Gasteiger charge is 2.30. The van der Waals surface area contributed by atoms with E-state index in [-0.39, 0.29) is 0 Å². The second-order valence-corrected chi connectivity index (χ2v) is 4.18. The molecule has 1 N–H and O–H groups in total. The maximum atomic E-state index is 9.29. The van der Waals surface area contributed by atoms with E-state index in [2.05, 4.69) is 36.2 Å². The van der Waals surface area contributed by atoms with E-state index >= 15 is 0 Å². The van der Waals surface area contributed by atoms with Gasteiger partial charge in [0.25, 0.3) is 0 Å². The Morgan fingerprint density at radius 1 is 1.29 bits per heavy atom. The van der Waals surface area contributed by atoms with E-state index in [1.807, 2.05) is 6.07 Å². The lowest BCUT2D eigenvalue weighted by atomic mass is 9.90. The van der Waals surface area contributed by atoms with Gasteiger partial charge in [0, 0.05) is 31.5 Å². The molecule has 1 aromatic carbocycles. The summed E-state index contributed by atoms with van der Waals surface area (Å²) in [5, 5.41) is 9.29. The van der Waals surface area contributed by atoms with E-state index < -0.39 is 0 Å². The molecule has 0 radical (unpaired) electrons. The molecule has 0 bridgehead atoms. The number of hydrogen-bond acceptors (Lipinski definition) is 2. The van der Waals surface area contributed by atoms with Crippen LogP contribution in [0.2, 0.25) is 0 Å². The molecule has 1 saturated heterocycles. The Kier molecular flexibility index (Phi) is 2.85. The molecular formula is C12H17NO. The van der Waals surface area contributed by atoms with Crippen molar-refractivity contribution < 1.29 is 5.11 Å². The topological polar surface area (TPSA) is 23.5 Å². The summed E-state index contributed by atoms with van der Waals surface area (Å²) in [7, 11) is 2.12. The van der Waals surface area contributed by atoms with Crippen molar-refractivity contribution in [3.8, 4) is 0 Å². The molecule has 0 aromatic heterocycles. The van der Waals surface area contributed by atoms with Crippen LogP contribution < -0.4 is 0 Å². The molecule has 1 aliphatic rings. The molecule has 1 fully saturated rings. The minimum atomic E-state index is 0.296. The normalized spacial score (nSPS) is 28.1. The van der Waals surface area contributed by atoms with Gasteiger partial charge in [-0.15, -0.1) is 0 Å². The van der Waals surface area contributed by atoms with Gasteiger partial charge >= 0.3 is 0 Å². The number of aliphatic hydroxyl groups excluding tert-OH is 1. The highest BCUT2D eigenvalue weighted by atomic mass is 16.3. The molecule has 0 spiro atoms.